The van der Waals surface area contributed by atoms with Crippen molar-refractivity contribution in [1.82, 2.24) is 0 Å². The van der Waals surface area contributed by atoms with Crippen molar-refractivity contribution in [3.8, 4) is 0 Å². The number of rotatable bonds is 0. The molecule has 80 valence electrons. The normalized spacial score (nSPS) is 41.9. The van der Waals surface area contributed by atoms with Crippen LogP contribution in [0.15, 0.2) is 0 Å². The molecule has 2 saturated carbocycles. The minimum absolute atomic E-state index is 0.0278. The highest BCUT2D eigenvalue weighted by Crippen LogP contribution is 2.55. The van der Waals surface area contributed by atoms with Crippen LogP contribution < -0.4 is 0 Å². The summed E-state index contributed by atoms with van der Waals surface area (Å²) in [5.74, 6) is 1.19. The van der Waals surface area contributed by atoms with Crippen LogP contribution in [0.4, 0.5) is 0 Å². The van der Waals surface area contributed by atoms with Crippen molar-refractivity contribution in [3.05, 3.63) is 0 Å². The summed E-state index contributed by atoms with van der Waals surface area (Å²) in [5, 5.41) is 0. The van der Waals surface area contributed by atoms with Gasteiger partial charge in [0.25, 0.3) is 0 Å². The van der Waals surface area contributed by atoms with Gasteiger partial charge >= 0.3 is 0 Å². The zero-order valence-electron chi connectivity index (χ0n) is 9.73. The molecule has 2 rings (SSSR count). The van der Waals surface area contributed by atoms with E-state index in [-0.39, 0.29) is 5.41 Å². The largest absolute Gasteiger partial charge is 0.299 e. The van der Waals surface area contributed by atoms with E-state index >= 15 is 0 Å². The minimum atomic E-state index is 0.0278. The Kier molecular flexibility index (Phi) is 2.24. The van der Waals surface area contributed by atoms with Crippen LogP contribution in [0.2, 0.25) is 0 Å². The van der Waals surface area contributed by atoms with Gasteiger partial charge in [-0.2, -0.15) is 0 Å². The molecule has 0 radical (unpaired) electrons. The number of hydrogen-bond acceptors (Lipinski definition) is 1. The first-order valence-corrected chi connectivity index (χ1v) is 6.00. The number of carbonyl (C=O) groups is 1. The van der Waals surface area contributed by atoms with Gasteiger partial charge in [-0.15, -0.1) is 0 Å². The monoisotopic (exact) mass is 194 g/mol. The fourth-order valence-electron chi connectivity index (χ4n) is 3.92. The molecular formula is C13H22O. The van der Waals surface area contributed by atoms with E-state index < -0.39 is 0 Å². The van der Waals surface area contributed by atoms with Gasteiger partial charge in [0.2, 0.25) is 0 Å². The quantitative estimate of drug-likeness (QED) is 0.576. The fraction of sp³-hybridized carbons (Fsp3) is 0.923. The van der Waals surface area contributed by atoms with Crippen molar-refractivity contribution in [2.75, 3.05) is 0 Å². The van der Waals surface area contributed by atoms with Crippen LogP contribution in [0, 0.1) is 16.7 Å². The molecule has 14 heavy (non-hydrogen) atoms. The summed E-state index contributed by atoms with van der Waals surface area (Å²) < 4.78 is 0. The molecule has 0 aromatic heterocycles. The average Bonchev–Trinajstić information content (AvgIpc) is 2.08. The lowest BCUT2D eigenvalue weighted by molar-refractivity contribution is -0.143. The zero-order chi connectivity index (χ0) is 10.4. The van der Waals surface area contributed by atoms with Gasteiger partial charge in [-0.3, -0.25) is 4.79 Å². The van der Waals surface area contributed by atoms with E-state index in [1.807, 2.05) is 0 Å². The first-order chi connectivity index (χ1) is 6.47. The van der Waals surface area contributed by atoms with E-state index in [4.69, 9.17) is 0 Å². The summed E-state index contributed by atoms with van der Waals surface area (Å²) in [7, 11) is 0. The molecule has 0 aromatic rings. The average molecular weight is 194 g/mol. The molecule has 0 heterocycles. The van der Waals surface area contributed by atoms with E-state index in [0.29, 0.717) is 17.1 Å². The molecule has 2 aliphatic carbocycles. The topological polar surface area (TPSA) is 17.1 Å². The minimum Gasteiger partial charge on any atom is -0.299 e. The van der Waals surface area contributed by atoms with Gasteiger partial charge in [0.15, 0.2) is 0 Å². The smallest absolute Gasteiger partial charge is 0.139 e. The third-order valence-electron chi connectivity index (χ3n) is 4.76. The molecule has 0 spiro atoms. The second kappa shape index (κ2) is 3.08. The maximum absolute atomic E-state index is 12.0. The molecule has 0 unspecified atom stereocenters. The van der Waals surface area contributed by atoms with Gasteiger partial charge < -0.3 is 0 Å². The predicted octanol–water partition coefficient (Wildman–Crippen LogP) is 3.57. The second-order valence-corrected chi connectivity index (χ2v) is 6.13. The summed E-state index contributed by atoms with van der Waals surface area (Å²) in [5.41, 5.74) is 0.420. The Bertz CT molecular complexity index is 254. The number of Topliss-reactive ketones (excluding diaryl/α,β-unsaturated/α-hetero) is 1. The molecule has 0 saturated heterocycles. The zero-order valence-corrected chi connectivity index (χ0v) is 9.73. The Balaban J connectivity index is 2.32. The van der Waals surface area contributed by atoms with Crippen molar-refractivity contribution in [1.29, 1.82) is 0 Å². The van der Waals surface area contributed by atoms with Crippen molar-refractivity contribution in [2.24, 2.45) is 16.7 Å². The Labute approximate surface area is 87.3 Å². The van der Waals surface area contributed by atoms with E-state index in [0.717, 1.165) is 19.3 Å². The van der Waals surface area contributed by atoms with Gasteiger partial charge in [-0.25, -0.2) is 0 Å². The van der Waals surface area contributed by atoms with E-state index in [1.54, 1.807) is 0 Å². The van der Waals surface area contributed by atoms with Crippen molar-refractivity contribution in [3.63, 3.8) is 0 Å². The summed E-state index contributed by atoms with van der Waals surface area (Å²) in [4.78, 5) is 12.0. The molecule has 0 aromatic carbocycles. The molecule has 0 bridgehead atoms. The van der Waals surface area contributed by atoms with Crippen LogP contribution in [0.5, 0.6) is 0 Å². The van der Waals surface area contributed by atoms with Crippen LogP contribution in [0.25, 0.3) is 0 Å². The number of fused-ring (bicyclic) bond motifs is 1. The highest BCUT2D eigenvalue weighted by molar-refractivity contribution is 5.85. The van der Waals surface area contributed by atoms with Gasteiger partial charge in [0.1, 0.15) is 5.78 Å². The highest BCUT2D eigenvalue weighted by Gasteiger charge is 2.51. The first-order valence-electron chi connectivity index (χ1n) is 6.00. The van der Waals surface area contributed by atoms with Crippen molar-refractivity contribution in [2.45, 2.75) is 59.3 Å². The van der Waals surface area contributed by atoms with Crippen LogP contribution in [-0.2, 0) is 4.79 Å². The highest BCUT2D eigenvalue weighted by atomic mass is 16.1. The SMILES string of the molecule is CC1(C)CCC[C@]2(C)C(=O)CCC[C@H]12. The summed E-state index contributed by atoms with van der Waals surface area (Å²) in [6.07, 6.45) is 6.92. The molecule has 2 aliphatic rings. The van der Waals surface area contributed by atoms with Crippen LogP contribution in [0.3, 0.4) is 0 Å². The maximum Gasteiger partial charge on any atom is 0.139 e. The van der Waals surface area contributed by atoms with Crippen molar-refractivity contribution < 1.29 is 4.79 Å². The molecule has 2 atom stereocenters. The number of ketones is 1. The Morgan fingerprint density at radius 3 is 2.50 bits per heavy atom. The van der Waals surface area contributed by atoms with E-state index in [1.165, 1.54) is 19.3 Å². The fourth-order valence-corrected chi connectivity index (χ4v) is 3.92. The Morgan fingerprint density at radius 2 is 1.86 bits per heavy atom. The molecule has 1 nitrogen and oxygen atoms in total. The molecule has 1 heteroatoms. The first kappa shape index (κ1) is 10.2. The molecule has 0 aliphatic heterocycles. The van der Waals surface area contributed by atoms with Crippen LogP contribution in [-0.4, -0.2) is 5.78 Å². The summed E-state index contributed by atoms with van der Waals surface area (Å²) in [6, 6.07) is 0. The number of hydrogen-bond donors (Lipinski definition) is 0. The molecule has 0 N–H and O–H groups in total. The third-order valence-corrected chi connectivity index (χ3v) is 4.76. The molecule has 0 amide bonds. The Hall–Kier alpha value is -0.330. The molecular weight excluding hydrogens is 172 g/mol. The van der Waals surface area contributed by atoms with Gasteiger partial charge in [-0.05, 0) is 37.0 Å². The Morgan fingerprint density at radius 1 is 1.14 bits per heavy atom. The van der Waals surface area contributed by atoms with Gasteiger partial charge in [0, 0.05) is 11.8 Å². The maximum atomic E-state index is 12.0. The van der Waals surface area contributed by atoms with E-state index in [9.17, 15) is 4.79 Å². The van der Waals surface area contributed by atoms with Crippen molar-refractivity contribution >= 4 is 5.78 Å². The van der Waals surface area contributed by atoms with Gasteiger partial charge in [-0.1, -0.05) is 27.2 Å². The lowest BCUT2D eigenvalue weighted by Gasteiger charge is -2.52. The second-order valence-electron chi connectivity index (χ2n) is 6.13. The van der Waals surface area contributed by atoms with Crippen LogP contribution >= 0.6 is 0 Å². The third kappa shape index (κ3) is 1.32. The predicted molar refractivity (Wildman–Crippen MR) is 58.1 cm³/mol. The molecule has 2 fully saturated rings. The lowest BCUT2D eigenvalue weighted by atomic mass is 9.51. The lowest BCUT2D eigenvalue weighted by Crippen LogP contribution is -2.49. The van der Waals surface area contributed by atoms with Crippen LogP contribution in [0.1, 0.15) is 59.3 Å². The number of carbonyl (C=O) groups excluding carboxylic acids is 1. The summed E-state index contributed by atoms with van der Waals surface area (Å²) >= 11 is 0. The van der Waals surface area contributed by atoms with E-state index in [2.05, 4.69) is 20.8 Å². The standard InChI is InChI=1S/C13H22O/c1-12(2)8-5-9-13(3)10(12)6-4-7-11(13)14/h10H,4-9H2,1-3H3/t10-,13+/m1/s1. The van der Waals surface area contributed by atoms with Gasteiger partial charge in [0.05, 0.1) is 0 Å². The summed E-state index contributed by atoms with van der Waals surface area (Å²) in [6.45, 7) is 6.93.